The van der Waals surface area contributed by atoms with Crippen LogP contribution in [0.2, 0.25) is 0 Å². The van der Waals surface area contributed by atoms with Gasteiger partial charge in [0.2, 0.25) is 5.95 Å². The van der Waals surface area contributed by atoms with Gasteiger partial charge in [-0.3, -0.25) is 9.36 Å². The fourth-order valence-corrected chi connectivity index (χ4v) is 4.55. The SMILES string of the molecule is Cc1csc2c(=O)n(Cc3ccccc3C#N)c(N3CCC[C@@H](N)C3)nc12. The molecule has 2 N–H and O–H groups in total. The molecule has 2 aromatic heterocycles. The number of aryl methyl sites for hydroxylation is 1. The van der Waals surface area contributed by atoms with Crippen LogP contribution in [-0.4, -0.2) is 28.7 Å². The topological polar surface area (TPSA) is 87.9 Å². The molecule has 1 atom stereocenters. The number of piperidine rings is 1. The van der Waals surface area contributed by atoms with Crippen LogP contribution in [0.25, 0.3) is 10.2 Å². The molecule has 1 aromatic carbocycles. The van der Waals surface area contributed by atoms with Crippen LogP contribution in [0.4, 0.5) is 5.95 Å². The number of rotatable bonds is 3. The molecule has 0 aliphatic carbocycles. The van der Waals surface area contributed by atoms with Gasteiger partial charge < -0.3 is 10.6 Å². The summed E-state index contributed by atoms with van der Waals surface area (Å²) in [5.74, 6) is 0.650. The van der Waals surface area contributed by atoms with E-state index in [-0.39, 0.29) is 11.6 Å². The third-order valence-corrected chi connectivity index (χ3v) is 6.12. The number of nitriles is 1. The lowest BCUT2D eigenvalue weighted by Gasteiger charge is -2.33. The summed E-state index contributed by atoms with van der Waals surface area (Å²) < 4.78 is 2.36. The Labute approximate surface area is 161 Å². The van der Waals surface area contributed by atoms with Gasteiger partial charge in [0.1, 0.15) is 4.70 Å². The molecule has 0 amide bonds. The zero-order valence-electron chi connectivity index (χ0n) is 15.2. The average Bonchev–Trinajstić information content (AvgIpc) is 3.05. The second-order valence-electron chi connectivity index (χ2n) is 7.02. The second kappa shape index (κ2) is 7.14. The van der Waals surface area contributed by atoms with Crippen molar-refractivity contribution < 1.29 is 0 Å². The molecule has 0 spiro atoms. The monoisotopic (exact) mass is 379 g/mol. The normalized spacial score (nSPS) is 17.2. The Morgan fingerprint density at radius 2 is 2.22 bits per heavy atom. The van der Waals surface area contributed by atoms with Crippen molar-refractivity contribution >= 4 is 27.5 Å². The number of hydrogen-bond donors (Lipinski definition) is 1. The molecular weight excluding hydrogens is 358 g/mol. The molecule has 1 aliphatic heterocycles. The van der Waals surface area contributed by atoms with Gasteiger partial charge in [0, 0.05) is 19.1 Å². The van der Waals surface area contributed by atoms with E-state index in [0.29, 0.717) is 29.3 Å². The Morgan fingerprint density at radius 3 is 3.00 bits per heavy atom. The Balaban J connectivity index is 1.89. The Hall–Kier alpha value is -2.69. The van der Waals surface area contributed by atoms with Gasteiger partial charge in [-0.2, -0.15) is 5.26 Å². The minimum absolute atomic E-state index is 0.0556. The molecule has 0 saturated carbocycles. The molecule has 7 heteroatoms. The van der Waals surface area contributed by atoms with Crippen LogP contribution in [-0.2, 0) is 6.54 Å². The van der Waals surface area contributed by atoms with Crippen molar-refractivity contribution in [3.8, 4) is 6.07 Å². The maximum Gasteiger partial charge on any atom is 0.273 e. The summed E-state index contributed by atoms with van der Waals surface area (Å²) in [6.07, 6.45) is 1.96. The average molecular weight is 379 g/mol. The molecule has 3 aromatic rings. The van der Waals surface area contributed by atoms with Gasteiger partial charge in [-0.15, -0.1) is 11.3 Å². The molecule has 4 rings (SSSR count). The molecule has 3 heterocycles. The van der Waals surface area contributed by atoms with Crippen LogP contribution >= 0.6 is 11.3 Å². The fraction of sp³-hybridized carbons (Fsp3) is 0.350. The van der Waals surface area contributed by atoms with Gasteiger partial charge in [-0.05, 0) is 42.3 Å². The zero-order valence-corrected chi connectivity index (χ0v) is 16.0. The van der Waals surface area contributed by atoms with Crippen molar-refractivity contribution in [3.63, 3.8) is 0 Å². The first kappa shape index (κ1) is 17.7. The number of benzene rings is 1. The molecule has 27 heavy (non-hydrogen) atoms. The smallest absolute Gasteiger partial charge is 0.273 e. The first-order valence-corrected chi connectivity index (χ1v) is 9.93. The maximum absolute atomic E-state index is 13.3. The Bertz CT molecular complexity index is 1090. The largest absolute Gasteiger partial charge is 0.341 e. The summed E-state index contributed by atoms with van der Waals surface area (Å²) in [5.41, 5.74) is 9.29. The number of nitrogens with zero attached hydrogens (tertiary/aromatic N) is 4. The second-order valence-corrected chi connectivity index (χ2v) is 7.90. The molecule has 1 saturated heterocycles. The highest BCUT2D eigenvalue weighted by molar-refractivity contribution is 7.17. The van der Waals surface area contributed by atoms with Gasteiger partial charge >= 0.3 is 0 Å². The molecular formula is C20H21N5OS. The van der Waals surface area contributed by atoms with Crippen molar-refractivity contribution in [2.45, 2.75) is 32.4 Å². The highest BCUT2D eigenvalue weighted by atomic mass is 32.1. The third kappa shape index (κ3) is 3.22. The lowest BCUT2D eigenvalue weighted by atomic mass is 10.1. The van der Waals surface area contributed by atoms with Crippen LogP contribution in [0.5, 0.6) is 0 Å². The van der Waals surface area contributed by atoms with E-state index in [0.717, 1.165) is 36.0 Å². The maximum atomic E-state index is 13.3. The Morgan fingerprint density at radius 1 is 1.41 bits per heavy atom. The lowest BCUT2D eigenvalue weighted by molar-refractivity contribution is 0.492. The molecule has 138 valence electrons. The highest BCUT2D eigenvalue weighted by Crippen LogP contribution is 2.25. The van der Waals surface area contributed by atoms with Gasteiger partial charge in [0.25, 0.3) is 5.56 Å². The van der Waals surface area contributed by atoms with Crippen LogP contribution < -0.4 is 16.2 Å². The van der Waals surface area contributed by atoms with Gasteiger partial charge in [-0.1, -0.05) is 18.2 Å². The fourth-order valence-electron chi connectivity index (χ4n) is 3.62. The molecule has 6 nitrogen and oxygen atoms in total. The predicted molar refractivity (Wildman–Crippen MR) is 108 cm³/mol. The number of thiophene rings is 1. The van der Waals surface area contributed by atoms with Crippen molar-refractivity contribution in [1.82, 2.24) is 9.55 Å². The van der Waals surface area contributed by atoms with Crippen molar-refractivity contribution in [2.75, 3.05) is 18.0 Å². The third-order valence-electron chi connectivity index (χ3n) is 5.04. The quantitative estimate of drug-likeness (QED) is 0.756. The summed E-state index contributed by atoms with van der Waals surface area (Å²) in [7, 11) is 0. The summed E-state index contributed by atoms with van der Waals surface area (Å²) in [5, 5.41) is 11.4. The summed E-state index contributed by atoms with van der Waals surface area (Å²) in [4.78, 5) is 20.3. The first-order chi connectivity index (χ1) is 13.1. The summed E-state index contributed by atoms with van der Waals surface area (Å²) in [6.45, 7) is 3.81. The van der Waals surface area contributed by atoms with E-state index >= 15 is 0 Å². The molecule has 1 aliphatic rings. The number of hydrogen-bond acceptors (Lipinski definition) is 6. The summed E-state index contributed by atoms with van der Waals surface area (Å²) >= 11 is 1.43. The number of anilines is 1. The van der Waals surface area contributed by atoms with E-state index < -0.39 is 0 Å². The highest BCUT2D eigenvalue weighted by Gasteiger charge is 2.24. The van der Waals surface area contributed by atoms with Crippen LogP contribution in [0.1, 0.15) is 29.5 Å². The van der Waals surface area contributed by atoms with E-state index in [1.54, 1.807) is 10.6 Å². The van der Waals surface area contributed by atoms with E-state index in [1.807, 2.05) is 30.5 Å². The first-order valence-electron chi connectivity index (χ1n) is 9.05. The van der Waals surface area contributed by atoms with E-state index in [2.05, 4.69) is 11.0 Å². The van der Waals surface area contributed by atoms with Gasteiger partial charge in [0.15, 0.2) is 0 Å². The minimum atomic E-state index is -0.0556. The van der Waals surface area contributed by atoms with E-state index in [1.165, 1.54) is 11.3 Å². The zero-order chi connectivity index (χ0) is 19.0. The molecule has 1 fully saturated rings. The van der Waals surface area contributed by atoms with Crippen molar-refractivity contribution in [2.24, 2.45) is 5.73 Å². The van der Waals surface area contributed by atoms with Crippen LogP contribution in [0.3, 0.4) is 0 Å². The van der Waals surface area contributed by atoms with Crippen LogP contribution in [0, 0.1) is 18.3 Å². The lowest BCUT2D eigenvalue weighted by Crippen LogP contribution is -2.45. The predicted octanol–water partition coefficient (Wildman–Crippen LogP) is 2.61. The molecule has 0 unspecified atom stereocenters. The summed E-state index contributed by atoms with van der Waals surface area (Å²) in [6, 6.07) is 9.68. The van der Waals surface area contributed by atoms with E-state index in [9.17, 15) is 10.1 Å². The minimum Gasteiger partial charge on any atom is -0.341 e. The van der Waals surface area contributed by atoms with E-state index in [4.69, 9.17) is 10.7 Å². The van der Waals surface area contributed by atoms with Crippen molar-refractivity contribution in [1.29, 1.82) is 5.26 Å². The molecule has 0 bridgehead atoms. The van der Waals surface area contributed by atoms with Gasteiger partial charge in [0.05, 0.1) is 23.7 Å². The number of aromatic nitrogens is 2. The molecule has 0 radical (unpaired) electrons. The Kier molecular flexibility index (Phi) is 4.68. The van der Waals surface area contributed by atoms with Gasteiger partial charge in [-0.25, -0.2) is 4.98 Å². The standard InChI is InChI=1S/C20H21N5OS/c1-13-12-27-18-17(13)23-20(24-8-4-7-16(22)11-24)25(19(18)26)10-15-6-3-2-5-14(15)9-21/h2-3,5-6,12,16H,4,7-8,10-11,22H2,1H3/t16-/m1/s1. The van der Waals surface area contributed by atoms with Crippen molar-refractivity contribution in [3.05, 3.63) is 56.7 Å². The van der Waals surface area contributed by atoms with Crippen LogP contribution in [0.15, 0.2) is 34.4 Å². The number of fused-ring (bicyclic) bond motifs is 1. The number of nitrogens with two attached hydrogens (primary N) is 1.